The number of halogens is 2. The van der Waals surface area contributed by atoms with E-state index < -0.39 is 11.2 Å². The Morgan fingerprint density at radius 2 is 2.00 bits per heavy atom. The summed E-state index contributed by atoms with van der Waals surface area (Å²) in [6.07, 6.45) is 1.31. The molecule has 2 heterocycles. The molecule has 0 spiro atoms. The molecule has 2 aromatic rings. The lowest BCUT2D eigenvalue weighted by Gasteiger charge is -2.08. The fourth-order valence-corrected chi connectivity index (χ4v) is 2.82. The van der Waals surface area contributed by atoms with Crippen LogP contribution >= 0.6 is 28.3 Å². The van der Waals surface area contributed by atoms with Gasteiger partial charge in [0, 0.05) is 25.8 Å². The second-order valence-corrected chi connectivity index (χ2v) is 6.20. The number of H-pyrrole nitrogens is 1. The average Bonchev–Trinajstić information content (AvgIpc) is 2.98. The van der Waals surface area contributed by atoms with Gasteiger partial charge in [0.2, 0.25) is 5.91 Å². The number of benzene rings is 1. The minimum absolute atomic E-state index is 0. The molecule has 0 atom stereocenters. The van der Waals surface area contributed by atoms with Crippen LogP contribution in [-0.4, -0.2) is 15.5 Å². The minimum Gasteiger partial charge on any atom is -0.350 e. The van der Waals surface area contributed by atoms with Crippen LogP contribution in [0.25, 0.3) is 0 Å². The van der Waals surface area contributed by atoms with Gasteiger partial charge in [0.25, 0.3) is 5.56 Å². The van der Waals surface area contributed by atoms with Crippen LogP contribution in [0.15, 0.2) is 38.5 Å². The minimum atomic E-state index is -0.614. The van der Waals surface area contributed by atoms with Crippen LogP contribution in [0, 0.1) is 0 Å². The van der Waals surface area contributed by atoms with E-state index in [1.54, 1.807) is 0 Å². The lowest BCUT2D eigenvalue weighted by atomic mass is 10.1. The standard InChI is InChI=1S/C15H15BrN4O3.ClH/c16-12-7-20(15(23)19-14(12)22)8-13(21)18-4-9-1-2-10-5-17-6-11(10)3-9;/h1-3,7,17H,4-6,8H2,(H,18,21)(H,19,22,23);1H. The number of aromatic amines is 1. The molecule has 0 bridgehead atoms. The highest BCUT2D eigenvalue weighted by molar-refractivity contribution is 9.10. The molecule has 7 nitrogen and oxygen atoms in total. The molecule has 1 amide bonds. The molecule has 24 heavy (non-hydrogen) atoms. The van der Waals surface area contributed by atoms with Crippen LogP contribution in [0.5, 0.6) is 0 Å². The zero-order chi connectivity index (χ0) is 16.4. The summed E-state index contributed by atoms with van der Waals surface area (Å²) in [5.41, 5.74) is 2.41. The smallest absolute Gasteiger partial charge is 0.328 e. The number of fused-ring (bicyclic) bond motifs is 1. The van der Waals surface area contributed by atoms with Gasteiger partial charge >= 0.3 is 5.69 Å². The molecule has 0 aliphatic carbocycles. The van der Waals surface area contributed by atoms with E-state index in [9.17, 15) is 14.4 Å². The fraction of sp³-hybridized carbons (Fsp3) is 0.267. The predicted octanol–water partition coefficient (Wildman–Crippen LogP) is 0.640. The normalized spacial score (nSPS) is 12.4. The number of carbonyl (C=O) groups is 1. The quantitative estimate of drug-likeness (QED) is 0.683. The number of nitrogens with zero attached hydrogens (tertiary/aromatic N) is 1. The maximum atomic E-state index is 12.0. The van der Waals surface area contributed by atoms with Crippen LogP contribution in [0.1, 0.15) is 16.7 Å². The lowest BCUT2D eigenvalue weighted by Crippen LogP contribution is -2.35. The Kier molecular flexibility index (Phi) is 5.98. The van der Waals surface area contributed by atoms with Gasteiger partial charge in [-0.3, -0.25) is 19.1 Å². The monoisotopic (exact) mass is 414 g/mol. The Morgan fingerprint density at radius 3 is 2.79 bits per heavy atom. The zero-order valence-electron chi connectivity index (χ0n) is 12.6. The lowest BCUT2D eigenvalue weighted by molar-refractivity contribution is -0.121. The van der Waals surface area contributed by atoms with Crippen molar-refractivity contribution < 1.29 is 4.79 Å². The second-order valence-electron chi connectivity index (χ2n) is 5.35. The van der Waals surface area contributed by atoms with E-state index in [4.69, 9.17) is 0 Å². The first kappa shape index (κ1) is 18.4. The molecule has 1 aromatic carbocycles. The summed E-state index contributed by atoms with van der Waals surface area (Å²) in [4.78, 5) is 37.0. The van der Waals surface area contributed by atoms with E-state index >= 15 is 0 Å². The van der Waals surface area contributed by atoms with Gasteiger partial charge in [0.05, 0.1) is 4.47 Å². The first-order valence-electron chi connectivity index (χ1n) is 7.10. The Bertz CT molecular complexity index is 878. The molecule has 1 aliphatic heterocycles. The predicted molar refractivity (Wildman–Crippen MR) is 95.1 cm³/mol. The molecule has 9 heteroatoms. The SMILES string of the molecule is Cl.O=C(Cn1cc(Br)c(=O)[nH]c1=O)NCc1ccc2c(c1)CNC2. The molecule has 3 rings (SSSR count). The number of hydrogen-bond donors (Lipinski definition) is 3. The largest absolute Gasteiger partial charge is 0.350 e. The average molecular weight is 416 g/mol. The highest BCUT2D eigenvalue weighted by Gasteiger charge is 2.11. The topological polar surface area (TPSA) is 96.0 Å². The highest BCUT2D eigenvalue weighted by Crippen LogP contribution is 2.16. The molecule has 128 valence electrons. The molecular formula is C15H16BrClN4O3. The van der Waals surface area contributed by atoms with Gasteiger partial charge in [-0.15, -0.1) is 12.4 Å². The van der Waals surface area contributed by atoms with Crippen LogP contribution in [0.3, 0.4) is 0 Å². The number of aromatic nitrogens is 2. The van der Waals surface area contributed by atoms with Gasteiger partial charge in [-0.05, 0) is 32.6 Å². The summed E-state index contributed by atoms with van der Waals surface area (Å²) in [5.74, 6) is -0.301. The van der Waals surface area contributed by atoms with Crippen molar-refractivity contribution in [3.8, 4) is 0 Å². The van der Waals surface area contributed by atoms with Gasteiger partial charge in [0.1, 0.15) is 6.54 Å². The molecule has 1 aliphatic rings. The van der Waals surface area contributed by atoms with Gasteiger partial charge < -0.3 is 10.6 Å². The summed E-state index contributed by atoms with van der Waals surface area (Å²) >= 11 is 3.03. The Hall–Kier alpha value is -1.90. The van der Waals surface area contributed by atoms with Crippen LogP contribution in [-0.2, 0) is 31.0 Å². The van der Waals surface area contributed by atoms with Crippen molar-refractivity contribution in [2.45, 2.75) is 26.2 Å². The molecule has 1 aromatic heterocycles. The van der Waals surface area contributed by atoms with E-state index in [0.717, 1.165) is 23.2 Å². The van der Waals surface area contributed by atoms with Crippen molar-refractivity contribution in [3.63, 3.8) is 0 Å². The zero-order valence-corrected chi connectivity index (χ0v) is 15.0. The van der Waals surface area contributed by atoms with Gasteiger partial charge in [0.15, 0.2) is 0 Å². The number of carbonyl (C=O) groups excluding carboxylic acids is 1. The van der Waals surface area contributed by atoms with E-state index in [1.165, 1.54) is 17.3 Å². The summed E-state index contributed by atoms with van der Waals surface area (Å²) in [6.45, 7) is 1.97. The summed E-state index contributed by atoms with van der Waals surface area (Å²) in [6, 6.07) is 6.10. The van der Waals surface area contributed by atoms with Crippen molar-refractivity contribution in [3.05, 3.63) is 66.4 Å². The molecule has 0 saturated carbocycles. The third-order valence-electron chi connectivity index (χ3n) is 3.67. The van der Waals surface area contributed by atoms with Gasteiger partial charge in [-0.1, -0.05) is 18.2 Å². The van der Waals surface area contributed by atoms with Crippen LogP contribution in [0.4, 0.5) is 0 Å². The maximum absolute atomic E-state index is 12.0. The number of nitrogens with one attached hydrogen (secondary N) is 3. The molecule has 0 unspecified atom stereocenters. The van der Waals surface area contributed by atoms with Crippen LogP contribution < -0.4 is 21.9 Å². The molecule has 0 fully saturated rings. The Balaban J connectivity index is 0.00000208. The summed E-state index contributed by atoms with van der Waals surface area (Å²) in [5, 5.41) is 6.04. The summed E-state index contributed by atoms with van der Waals surface area (Å²) in [7, 11) is 0. The van der Waals surface area contributed by atoms with Crippen molar-refractivity contribution >= 4 is 34.2 Å². The maximum Gasteiger partial charge on any atom is 0.328 e. The van der Waals surface area contributed by atoms with Gasteiger partial charge in [-0.25, -0.2) is 4.79 Å². The van der Waals surface area contributed by atoms with Crippen LogP contribution in [0.2, 0.25) is 0 Å². The third kappa shape index (κ3) is 4.14. The molecular weight excluding hydrogens is 400 g/mol. The first-order valence-corrected chi connectivity index (χ1v) is 7.89. The highest BCUT2D eigenvalue weighted by atomic mass is 79.9. The van der Waals surface area contributed by atoms with Crippen molar-refractivity contribution in [2.75, 3.05) is 0 Å². The Morgan fingerprint density at radius 1 is 1.25 bits per heavy atom. The first-order chi connectivity index (χ1) is 11.0. The number of rotatable bonds is 4. The van der Waals surface area contributed by atoms with Crippen molar-refractivity contribution in [2.24, 2.45) is 0 Å². The molecule has 0 radical (unpaired) electrons. The van der Waals surface area contributed by atoms with E-state index in [0.29, 0.717) is 6.54 Å². The van der Waals surface area contributed by atoms with Crippen molar-refractivity contribution in [1.82, 2.24) is 20.2 Å². The number of hydrogen-bond acceptors (Lipinski definition) is 4. The second kappa shape index (κ2) is 7.78. The van der Waals surface area contributed by atoms with E-state index in [-0.39, 0.29) is 29.3 Å². The van der Waals surface area contributed by atoms with E-state index in [2.05, 4.69) is 43.7 Å². The molecule has 3 N–H and O–H groups in total. The van der Waals surface area contributed by atoms with E-state index in [1.807, 2.05) is 6.07 Å². The Labute approximate surface area is 152 Å². The third-order valence-corrected chi connectivity index (χ3v) is 4.24. The number of amides is 1. The fourth-order valence-electron chi connectivity index (χ4n) is 2.47. The molecule has 0 saturated heterocycles. The van der Waals surface area contributed by atoms with Gasteiger partial charge in [-0.2, -0.15) is 0 Å². The van der Waals surface area contributed by atoms with Crippen molar-refractivity contribution in [1.29, 1.82) is 0 Å². The summed E-state index contributed by atoms with van der Waals surface area (Å²) < 4.78 is 1.35.